The second-order valence-electron chi connectivity index (χ2n) is 5.51. The highest BCUT2D eigenvalue weighted by molar-refractivity contribution is 5.79. The van der Waals surface area contributed by atoms with Gasteiger partial charge in [0.2, 0.25) is 5.91 Å². The van der Waals surface area contributed by atoms with Gasteiger partial charge in [0, 0.05) is 6.54 Å². The zero-order valence-electron chi connectivity index (χ0n) is 13.2. The van der Waals surface area contributed by atoms with Crippen LogP contribution >= 0.6 is 0 Å². The number of likely N-dealkylation sites (tertiary alicyclic amines) is 1. The van der Waals surface area contributed by atoms with Crippen LogP contribution in [-0.4, -0.2) is 43.8 Å². The van der Waals surface area contributed by atoms with E-state index in [1.165, 1.54) is 14.2 Å². The summed E-state index contributed by atoms with van der Waals surface area (Å²) in [6.45, 7) is 0.149. The monoisotopic (exact) mass is 331 g/mol. The van der Waals surface area contributed by atoms with Gasteiger partial charge < -0.3 is 14.4 Å². The Morgan fingerprint density at radius 3 is 2.52 bits per heavy atom. The van der Waals surface area contributed by atoms with Gasteiger partial charge in [0.05, 0.1) is 20.6 Å². The third kappa shape index (κ3) is 4.09. The maximum Gasteiger partial charge on any atom is 0.408 e. The molecule has 4 nitrogen and oxygen atoms in total. The van der Waals surface area contributed by atoms with Crippen molar-refractivity contribution in [2.75, 3.05) is 20.8 Å². The summed E-state index contributed by atoms with van der Waals surface area (Å²) < 4.78 is 49.5. The first kappa shape index (κ1) is 17.4. The predicted molar refractivity (Wildman–Crippen MR) is 78.7 cm³/mol. The molecule has 1 saturated heterocycles. The molecule has 23 heavy (non-hydrogen) atoms. The average molecular weight is 331 g/mol. The molecule has 1 amide bonds. The number of alkyl halides is 3. The van der Waals surface area contributed by atoms with Crippen molar-refractivity contribution in [1.29, 1.82) is 0 Å². The molecule has 0 aliphatic carbocycles. The molecule has 0 spiro atoms. The number of methoxy groups -OCH3 is 2. The van der Waals surface area contributed by atoms with Crippen molar-refractivity contribution in [3.8, 4) is 11.5 Å². The Morgan fingerprint density at radius 2 is 1.91 bits per heavy atom. The number of hydrogen-bond acceptors (Lipinski definition) is 3. The third-order valence-electron chi connectivity index (χ3n) is 4.00. The molecule has 1 aromatic carbocycles. The van der Waals surface area contributed by atoms with Crippen molar-refractivity contribution in [2.24, 2.45) is 0 Å². The molecule has 1 aliphatic rings. The molecule has 1 aromatic rings. The lowest BCUT2D eigenvalue weighted by Crippen LogP contribution is -2.51. The van der Waals surface area contributed by atoms with Crippen LogP contribution in [-0.2, 0) is 11.2 Å². The van der Waals surface area contributed by atoms with Crippen molar-refractivity contribution in [3.05, 3.63) is 23.8 Å². The number of rotatable bonds is 4. The first-order valence-corrected chi connectivity index (χ1v) is 7.44. The Bertz CT molecular complexity index is 560. The fourth-order valence-corrected chi connectivity index (χ4v) is 2.84. The summed E-state index contributed by atoms with van der Waals surface area (Å²) >= 11 is 0. The second-order valence-corrected chi connectivity index (χ2v) is 5.51. The van der Waals surface area contributed by atoms with Crippen molar-refractivity contribution in [2.45, 2.75) is 37.9 Å². The maximum atomic E-state index is 13.1. The maximum absolute atomic E-state index is 13.1. The first-order valence-electron chi connectivity index (χ1n) is 7.44. The topological polar surface area (TPSA) is 38.8 Å². The van der Waals surface area contributed by atoms with E-state index in [4.69, 9.17) is 9.47 Å². The lowest BCUT2D eigenvalue weighted by Gasteiger charge is -2.36. The summed E-state index contributed by atoms with van der Waals surface area (Å²) in [6.07, 6.45) is -3.41. The number of nitrogens with zero attached hydrogens (tertiary/aromatic N) is 1. The average Bonchev–Trinajstić information content (AvgIpc) is 2.53. The lowest BCUT2D eigenvalue weighted by molar-refractivity contribution is -0.195. The fraction of sp³-hybridized carbons (Fsp3) is 0.562. The number of carbonyl (C=O) groups excluding carboxylic acids is 1. The number of carbonyl (C=O) groups is 1. The van der Waals surface area contributed by atoms with Crippen LogP contribution in [0.1, 0.15) is 24.8 Å². The van der Waals surface area contributed by atoms with Gasteiger partial charge in [-0.25, -0.2) is 0 Å². The van der Waals surface area contributed by atoms with Crippen molar-refractivity contribution in [1.82, 2.24) is 4.90 Å². The zero-order valence-corrected chi connectivity index (χ0v) is 13.2. The quantitative estimate of drug-likeness (QED) is 0.850. The van der Waals surface area contributed by atoms with Gasteiger partial charge in [0.25, 0.3) is 0 Å². The molecule has 0 saturated carbocycles. The molecule has 1 aliphatic heterocycles. The Morgan fingerprint density at radius 1 is 1.22 bits per heavy atom. The molecule has 128 valence electrons. The van der Waals surface area contributed by atoms with Crippen LogP contribution in [0.2, 0.25) is 0 Å². The summed E-state index contributed by atoms with van der Waals surface area (Å²) in [5.74, 6) is 0.442. The van der Waals surface area contributed by atoms with E-state index in [2.05, 4.69) is 0 Å². The van der Waals surface area contributed by atoms with E-state index in [1.807, 2.05) is 0 Å². The smallest absolute Gasteiger partial charge is 0.408 e. The molecule has 7 heteroatoms. The number of amides is 1. The van der Waals surface area contributed by atoms with Crippen LogP contribution in [0.5, 0.6) is 11.5 Å². The predicted octanol–water partition coefficient (Wildman–Crippen LogP) is 3.19. The van der Waals surface area contributed by atoms with Gasteiger partial charge >= 0.3 is 6.18 Å². The first-order chi connectivity index (χ1) is 10.9. The van der Waals surface area contributed by atoms with Crippen molar-refractivity contribution in [3.63, 3.8) is 0 Å². The molecule has 1 fully saturated rings. The zero-order chi connectivity index (χ0) is 17.0. The van der Waals surface area contributed by atoms with Gasteiger partial charge in [-0.15, -0.1) is 0 Å². The molecule has 0 radical (unpaired) electrons. The molecule has 1 heterocycles. The summed E-state index contributed by atoms with van der Waals surface area (Å²) in [5, 5.41) is 0. The Labute approximate surface area is 133 Å². The highest BCUT2D eigenvalue weighted by atomic mass is 19.4. The van der Waals surface area contributed by atoms with Gasteiger partial charge in [0.15, 0.2) is 11.5 Å². The van der Waals surface area contributed by atoms with E-state index in [0.29, 0.717) is 29.9 Å². The minimum Gasteiger partial charge on any atom is -0.493 e. The van der Waals surface area contributed by atoms with E-state index in [0.717, 1.165) is 4.90 Å². The Kier molecular flexibility index (Phi) is 5.38. The van der Waals surface area contributed by atoms with Crippen molar-refractivity contribution >= 4 is 5.91 Å². The van der Waals surface area contributed by atoms with E-state index < -0.39 is 18.1 Å². The number of piperidine rings is 1. The van der Waals surface area contributed by atoms with E-state index in [9.17, 15) is 18.0 Å². The summed E-state index contributed by atoms with van der Waals surface area (Å²) in [6, 6.07) is 3.23. The number of hydrogen-bond donors (Lipinski definition) is 0. The van der Waals surface area contributed by atoms with Crippen LogP contribution in [0.15, 0.2) is 18.2 Å². The largest absolute Gasteiger partial charge is 0.493 e. The molecular formula is C16H20F3NO3. The molecule has 0 aromatic heterocycles. The Balaban J connectivity index is 2.14. The van der Waals surface area contributed by atoms with Gasteiger partial charge in [-0.1, -0.05) is 6.07 Å². The Hall–Kier alpha value is -1.92. The molecular weight excluding hydrogens is 311 g/mol. The summed E-state index contributed by atoms with van der Waals surface area (Å²) in [5.41, 5.74) is 0.596. The van der Waals surface area contributed by atoms with E-state index in [1.54, 1.807) is 18.2 Å². The van der Waals surface area contributed by atoms with E-state index >= 15 is 0 Å². The standard InChI is InChI=1S/C16H20F3NO3/c1-22-12-7-6-11(9-13(12)23-2)10-15(21)20-8-4-3-5-14(20)16(17,18)19/h6-7,9,14H,3-5,8,10H2,1-2H3. The molecule has 0 bridgehead atoms. The summed E-state index contributed by atoms with van der Waals surface area (Å²) in [4.78, 5) is 13.3. The van der Waals surface area contributed by atoms with E-state index in [-0.39, 0.29) is 19.4 Å². The van der Waals surface area contributed by atoms with Gasteiger partial charge in [-0.3, -0.25) is 4.79 Å². The molecule has 0 N–H and O–H groups in total. The number of ether oxygens (including phenoxy) is 2. The third-order valence-corrected chi connectivity index (χ3v) is 4.00. The van der Waals surface area contributed by atoms with Crippen LogP contribution in [0.3, 0.4) is 0 Å². The normalized spacial score (nSPS) is 18.7. The van der Waals surface area contributed by atoms with Crippen LogP contribution in [0, 0.1) is 0 Å². The van der Waals surface area contributed by atoms with Gasteiger partial charge in [0.1, 0.15) is 6.04 Å². The summed E-state index contributed by atoms with van der Waals surface area (Å²) in [7, 11) is 2.96. The lowest BCUT2D eigenvalue weighted by atomic mass is 10.00. The SMILES string of the molecule is COc1ccc(CC(=O)N2CCCCC2C(F)(F)F)cc1OC. The minimum atomic E-state index is -4.38. The molecule has 2 rings (SSSR count). The minimum absolute atomic E-state index is 0.0266. The highest BCUT2D eigenvalue weighted by Gasteiger charge is 2.46. The second kappa shape index (κ2) is 7.10. The van der Waals surface area contributed by atoms with Crippen LogP contribution in [0.25, 0.3) is 0 Å². The van der Waals surface area contributed by atoms with Crippen molar-refractivity contribution < 1.29 is 27.4 Å². The fourth-order valence-electron chi connectivity index (χ4n) is 2.84. The van der Waals surface area contributed by atoms with Gasteiger partial charge in [-0.05, 0) is 37.0 Å². The molecule has 1 unspecified atom stereocenters. The number of benzene rings is 1. The molecule has 1 atom stereocenters. The van der Waals surface area contributed by atoms with Crippen LogP contribution in [0.4, 0.5) is 13.2 Å². The number of halogens is 3. The van der Waals surface area contributed by atoms with Gasteiger partial charge in [-0.2, -0.15) is 13.2 Å². The highest BCUT2D eigenvalue weighted by Crippen LogP contribution is 2.33. The van der Waals surface area contributed by atoms with Crippen LogP contribution < -0.4 is 9.47 Å².